The fourth-order valence-electron chi connectivity index (χ4n) is 1.88. The highest BCUT2D eigenvalue weighted by molar-refractivity contribution is 5.97. The third-order valence-electron chi connectivity index (χ3n) is 2.97. The number of hydrogen-bond donors (Lipinski definition) is 0. The Morgan fingerprint density at radius 3 is 2.67 bits per heavy atom. The zero-order valence-electron chi connectivity index (χ0n) is 11.4. The normalized spacial score (nSPS) is 10.6. The van der Waals surface area contributed by atoms with Crippen LogP contribution < -0.4 is 0 Å². The van der Waals surface area contributed by atoms with E-state index in [2.05, 4.69) is 4.98 Å². The highest BCUT2D eigenvalue weighted by Gasteiger charge is 2.12. The van der Waals surface area contributed by atoms with E-state index in [4.69, 9.17) is 4.74 Å². The Hall–Kier alpha value is -2.14. The molecule has 3 nitrogen and oxygen atoms in total. The second-order valence-electron chi connectivity index (χ2n) is 4.56. The quantitative estimate of drug-likeness (QED) is 0.581. The zero-order valence-corrected chi connectivity index (χ0v) is 11.4. The van der Waals surface area contributed by atoms with Crippen LogP contribution in [0.25, 0.3) is 0 Å². The first kappa shape index (κ1) is 15.3. The van der Waals surface area contributed by atoms with E-state index in [0.717, 1.165) is 36.6 Å². The summed E-state index contributed by atoms with van der Waals surface area (Å²) in [5.41, 5.74) is 0.861. The number of aryl methyl sites for hydroxylation is 1. The van der Waals surface area contributed by atoms with Gasteiger partial charge in [-0.15, -0.1) is 0 Å². The Morgan fingerprint density at radius 2 is 1.90 bits per heavy atom. The molecule has 1 aromatic carbocycles. The molecule has 0 aliphatic heterocycles. The lowest BCUT2D eigenvalue weighted by Gasteiger charge is -2.05. The van der Waals surface area contributed by atoms with E-state index in [1.54, 1.807) is 12.4 Å². The molecule has 0 radical (unpaired) electrons. The molecule has 1 heterocycles. The Kier molecular flexibility index (Phi) is 5.51. The van der Waals surface area contributed by atoms with Crippen LogP contribution in [-0.4, -0.2) is 24.0 Å². The van der Waals surface area contributed by atoms with Gasteiger partial charge in [-0.05, 0) is 48.7 Å². The van der Waals surface area contributed by atoms with Crippen molar-refractivity contribution in [2.75, 3.05) is 13.2 Å². The van der Waals surface area contributed by atoms with Crippen molar-refractivity contribution in [3.63, 3.8) is 0 Å². The second-order valence-corrected chi connectivity index (χ2v) is 4.56. The molecule has 0 aliphatic carbocycles. The molecule has 110 valence electrons. The summed E-state index contributed by atoms with van der Waals surface area (Å²) in [4.78, 5) is 15.6. The van der Waals surface area contributed by atoms with Crippen molar-refractivity contribution in [1.29, 1.82) is 0 Å². The number of halogens is 2. The van der Waals surface area contributed by atoms with Crippen molar-refractivity contribution in [3.05, 3.63) is 65.5 Å². The Balaban J connectivity index is 1.73. The van der Waals surface area contributed by atoms with E-state index in [1.807, 2.05) is 12.1 Å². The summed E-state index contributed by atoms with van der Waals surface area (Å²) in [7, 11) is 0. The lowest BCUT2D eigenvalue weighted by Crippen LogP contribution is -2.12. The first-order valence-electron chi connectivity index (χ1n) is 6.61. The first-order valence-corrected chi connectivity index (χ1v) is 6.61. The lowest BCUT2D eigenvalue weighted by atomic mass is 10.1. The molecule has 0 bridgehead atoms. The fraction of sp³-hybridized carbons (Fsp3) is 0.250. The highest BCUT2D eigenvalue weighted by Crippen LogP contribution is 2.10. The van der Waals surface area contributed by atoms with Crippen molar-refractivity contribution >= 4 is 5.78 Å². The van der Waals surface area contributed by atoms with Crippen LogP contribution in [-0.2, 0) is 11.2 Å². The fourth-order valence-corrected chi connectivity index (χ4v) is 1.88. The number of pyridine rings is 1. The Labute approximate surface area is 121 Å². The largest absolute Gasteiger partial charge is 0.373 e. The first-order chi connectivity index (χ1) is 10.2. The summed E-state index contributed by atoms with van der Waals surface area (Å²) in [5.74, 6) is -1.94. The molecular formula is C16H15F2NO2. The molecule has 0 unspecified atom stereocenters. The van der Waals surface area contributed by atoms with Gasteiger partial charge in [-0.2, -0.15) is 0 Å². The monoisotopic (exact) mass is 291 g/mol. The number of carbonyl (C=O) groups excluding carboxylic acids is 1. The number of nitrogens with zero attached hydrogens (tertiary/aromatic N) is 1. The van der Waals surface area contributed by atoms with Gasteiger partial charge < -0.3 is 4.74 Å². The Bertz CT molecular complexity index is 602. The van der Waals surface area contributed by atoms with E-state index in [0.29, 0.717) is 6.61 Å². The number of hydrogen-bond acceptors (Lipinski definition) is 3. The van der Waals surface area contributed by atoms with Gasteiger partial charge in [0.25, 0.3) is 0 Å². The summed E-state index contributed by atoms with van der Waals surface area (Å²) in [6.45, 7) is 0.127. The molecule has 0 aliphatic rings. The minimum absolute atomic E-state index is 0.253. The molecule has 0 atom stereocenters. The minimum Gasteiger partial charge on any atom is -0.373 e. The predicted molar refractivity (Wildman–Crippen MR) is 74.1 cm³/mol. The number of Topliss-reactive ketones (excluding diaryl/α,β-unsaturated/α-hetero) is 1. The van der Waals surface area contributed by atoms with Gasteiger partial charge in [0, 0.05) is 19.0 Å². The van der Waals surface area contributed by atoms with Gasteiger partial charge in [0.2, 0.25) is 0 Å². The smallest absolute Gasteiger partial charge is 0.191 e. The average molecular weight is 291 g/mol. The molecule has 0 spiro atoms. The van der Waals surface area contributed by atoms with E-state index < -0.39 is 17.4 Å². The van der Waals surface area contributed by atoms with Crippen LogP contribution in [0.15, 0.2) is 42.7 Å². The second kappa shape index (κ2) is 7.59. The van der Waals surface area contributed by atoms with Crippen LogP contribution in [0.5, 0.6) is 0 Å². The topological polar surface area (TPSA) is 39.2 Å². The maximum absolute atomic E-state index is 13.4. The zero-order chi connectivity index (χ0) is 15.1. The molecular weight excluding hydrogens is 276 g/mol. The molecule has 0 N–H and O–H groups in total. The molecule has 0 fully saturated rings. The molecule has 0 saturated carbocycles. The molecule has 5 heteroatoms. The van der Waals surface area contributed by atoms with Gasteiger partial charge in [0.15, 0.2) is 5.78 Å². The number of rotatable bonds is 7. The van der Waals surface area contributed by atoms with Crippen molar-refractivity contribution in [2.45, 2.75) is 12.8 Å². The van der Waals surface area contributed by atoms with E-state index in [9.17, 15) is 13.6 Å². The van der Waals surface area contributed by atoms with Gasteiger partial charge in [0.1, 0.15) is 18.2 Å². The van der Waals surface area contributed by atoms with Crippen LogP contribution in [0.1, 0.15) is 22.3 Å². The average Bonchev–Trinajstić information content (AvgIpc) is 2.50. The standard InChI is InChI=1S/C16H15F2NO2/c17-13-3-4-15(18)14(10-13)16(20)11-21-9-1-2-12-5-7-19-8-6-12/h3-8,10H,1-2,9,11H2. The van der Waals surface area contributed by atoms with Gasteiger partial charge in [-0.3, -0.25) is 9.78 Å². The van der Waals surface area contributed by atoms with Gasteiger partial charge >= 0.3 is 0 Å². The van der Waals surface area contributed by atoms with Crippen molar-refractivity contribution in [1.82, 2.24) is 4.98 Å². The van der Waals surface area contributed by atoms with Crippen LogP contribution in [0.3, 0.4) is 0 Å². The molecule has 0 amide bonds. The summed E-state index contributed by atoms with van der Waals surface area (Å²) >= 11 is 0. The van der Waals surface area contributed by atoms with Gasteiger partial charge in [-0.25, -0.2) is 8.78 Å². The maximum atomic E-state index is 13.4. The molecule has 2 rings (SSSR count). The number of ketones is 1. The third kappa shape index (κ3) is 4.72. The van der Waals surface area contributed by atoms with E-state index >= 15 is 0 Å². The van der Waals surface area contributed by atoms with Gasteiger partial charge in [0.05, 0.1) is 5.56 Å². The van der Waals surface area contributed by atoms with Crippen LogP contribution in [0.2, 0.25) is 0 Å². The molecule has 0 saturated heterocycles. The van der Waals surface area contributed by atoms with Crippen LogP contribution in [0.4, 0.5) is 8.78 Å². The molecule has 21 heavy (non-hydrogen) atoms. The summed E-state index contributed by atoms with van der Waals surface area (Å²) in [6, 6.07) is 6.62. The molecule has 1 aromatic heterocycles. The van der Waals surface area contributed by atoms with Crippen molar-refractivity contribution < 1.29 is 18.3 Å². The van der Waals surface area contributed by atoms with Crippen LogP contribution in [0, 0.1) is 11.6 Å². The minimum atomic E-state index is -0.734. The van der Waals surface area contributed by atoms with E-state index in [-0.39, 0.29) is 12.2 Å². The number of carbonyl (C=O) groups is 1. The summed E-state index contributed by atoms with van der Waals surface area (Å²) in [5, 5.41) is 0. The highest BCUT2D eigenvalue weighted by atomic mass is 19.1. The van der Waals surface area contributed by atoms with E-state index in [1.165, 1.54) is 0 Å². The maximum Gasteiger partial charge on any atom is 0.191 e. The molecule has 2 aromatic rings. The van der Waals surface area contributed by atoms with Crippen LogP contribution >= 0.6 is 0 Å². The predicted octanol–water partition coefficient (Wildman–Crippen LogP) is 3.19. The van der Waals surface area contributed by atoms with Gasteiger partial charge in [-0.1, -0.05) is 0 Å². The van der Waals surface area contributed by atoms with Crippen molar-refractivity contribution in [3.8, 4) is 0 Å². The lowest BCUT2D eigenvalue weighted by molar-refractivity contribution is 0.0751. The number of benzene rings is 1. The summed E-state index contributed by atoms with van der Waals surface area (Å²) < 4.78 is 31.6. The number of aromatic nitrogens is 1. The summed E-state index contributed by atoms with van der Waals surface area (Å²) in [6.07, 6.45) is 4.98. The number of ether oxygens (including phenoxy) is 1. The SMILES string of the molecule is O=C(COCCCc1ccncc1)c1cc(F)ccc1F. The Morgan fingerprint density at radius 1 is 1.14 bits per heavy atom. The van der Waals surface area contributed by atoms with Crippen molar-refractivity contribution in [2.24, 2.45) is 0 Å². The third-order valence-corrected chi connectivity index (χ3v) is 2.97.